The lowest BCUT2D eigenvalue weighted by molar-refractivity contribution is -0.131. The first-order chi connectivity index (χ1) is 10.7. The zero-order chi connectivity index (χ0) is 15.4. The fourth-order valence-electron chi connectivity index (χ4n) is 3.18. The minimum Gasteiger partial charge on any atom is -0.342 e. The van der Waals surface area contributed by atoms with Crippen molar-refractivity contribution in [2.24, 2.45) is 0 Å². The molecule has 0 bridgehead atoms. The Hall–Kier alpha value is -2.16. The van der Waals surface area contributed by atoms with E-state index in [1.165, 1.54) is 5.56 Å². The lowest BCUT2D eigenvalue weighted by atomic mass is 9.90. The maximum absolute atomic E-state index is 12.5. The van der Waals surface area contributed by atoms with Crippen LogP contribution in [0.5, 0.6) is 0 Å². The van der Waals surface area contributed by atoms with E-state index in [4.69, 9.17) is 0 Å². The van der Waals surface area contributed by atoms with Crippen LogP contribution in [0.25, 0.3) is 0 Å². The Labute approximate surface area is 132 Å². The van der Waals surface area contributed by atoms with E-state index >= 15 is 0 Å². The summed E-state index contributed by atoms with van der Waals surface area (Å²) in [6, 6.07) is 14.2. The summed E-state index contributed by atoms with van der Waals surface area (Å²) in [6.07, 6.45) is 4.60. The summed E-state index contributed by atoms with van der Waals surface area (Å²) in [5.74, 6) is 0.678. The summed E-state index contributed by atoms with van der Waals surface area (Å²) >= 11 is 0. The Balaban J connectivity index is 1.66. The molecule has 1 amide bonds. The average Bonchev–Trinajstić information content (AvgIpc) is 2.56. The van der Waals surface area contributed by atoms with Crippen LogP contribution in [0, 0.1) is 6.92 Å². The zero-order valence-electron chi connectivity index (χ0n) is 13.0. The summed E-state index contributed by atoms with van der Waals surface area (Å²) < 4.78 is 0. The van der Waals surface area contributed by atoms with Gasteiger partial charge in [-0.1, -0.05) is 30.3 Å². The molecule has 1 aromatic carbocycles. The highest BCUT2D eigenvalue weighted by Crippen LogP contribution is 2.27. The number of carbonyl (C=O) groups excluding carboxylic acids is 1. The molecule has 0 spiro atoms. The number of hydrogen-bond acceptors (Lipinski definition) is 2. The molecule has 1 atom stereocenters. The number of likely N-dealkylation sites (tertiary alicyclic amines) is 1. The standard InChI is InChI=1S/C19H22N2O/c1-15-12-17(9-10-20-15)18-8-5-11-21(14-18)19(22)13-16-6-3-2-4-7-16/h2-4,6-7,9-10,12,18H,5,8,11,13-14H2,1H3. The lowest BCUT2D eigenvalue weighted by Gasteiger charge is -2.33. The van der Waals surface area contributed by atoms with Gasteiger partial charge in [-0.2, -0.15) is 0 Å². The van der Waals surface area contributed by atoms with E-state index in [1.807, 2.05) is 48.4 Å². The summed E-state index contributed by atoms with van der Waals surface area (Å²) in [5.41, 5.74) is 3.45. The monoisotopic (exact) mass is 294 g/mol. The molecule has 1 unspecified atom stereocenters. The minimum atomic E-state index is 0.238. The highest BCUT2D eigenvalue weighted by atomic mass is 16.2. The van der Waals surface area contributed by atoms with E-state index in [2.05, 4.69) is 17.1 Å². The van der Waals surface area contributed by atoms with Gasteiger partial charge in [0.15, 0.2) is 0 Å². The van der Waals surface area contributed by atoms with Crippen molar-refractivity contribution in [1.29, 1.82) is 0 Å². The highest BCUT2D eigenvalue weighted by Gasteiger charge is 2.24. The van der Waals surface area contributed by atoms with Crippen LogP contribution < -0.4 is 0 Å². The van der Waals surface area contributed by atoms with Crippen molar-refractivity contribution in [3.05, 3.63) is 65.5 Å². The van der Waals surface area contributed by atoms with Crippen LogP contribution in [0.3, 0.4) is 0 Å². The van der Waals surface area contributed by atoms with Crippen LogP contribution in [0.4, 0.5) is 0 Å². The second-order valence-corrected chi connectivity index (χ2v) is 6.07. The van der Waals surface area contributed by atoms with Crippen molar-refractivity contribution in [2.75, 3.05) is 13.1 Å². The maximum Gasteiger partial charge on any atom is 0.227 e. The van der Waals surface area contributed by atoms with E-state index in [0.717, 1.165) is 37.2 Å². The number of carbonyl (C=O) groups is 1. The van der Waals surface area contributed by atoms with E-state index in [1.54, 1.807) is 0 Å². The van der Waals surface area contributed by atoms with Crippen LogP contribution in [0.15, 0.2) is 48.7 Å². The van der Waals surface area contributed by atoms with Crippen LogP contribution >= 0.6 is 0 Å². The van der Waals surface area contributed by atoms with Gasteiger partial charge in [-0.05, 0) is 43.0 Å². The Morgan fingerprint density at radius 2 is 2.09 bits per heavy atom. The van der Waals surface area contributed by atoms with E-state index in [-0.39, 0.29) is 5.91 Å². The van der Waals surface area contributed by atoms with E-state index in [0.29, 0.717) is 12.3 Å². The van der Waals surface area contributed by atoms with E-state index < -0.39 is 0 Å². The zero-order valence-corrected chi connectivity index (χ0v) is 13.0. The predicted molar refractivity (Wildman–Crippen MR) is 87.7 cm³/mol. The molecule has 3 nitrogen and oxygen atoms in total. The number of piperidine rings is 1. The first kappa shape index (κ1) is 14.8. The van der Waals surface area contributed by atoms with Gasteiger partial charge in [0.05, 0.1) is 6.42 Å². The molecule has 0 aliphatic carbocycles. The Kier molecular flexibility index (Phi) is 4.52. The third kappa shape index (κ3) is 3.53. The Morgan fingerprint density at radius 1 is 1.27 bits per heavy atom. The number of benzene rings is 1. The van der Waals surface area contributed by atoms with Crippen molar-refractivity contribution in [2.45, 2.75) is 32.1 Å². The van der Waals surface area contributed by atoms with Crippen molar-refractivity contribution in [3.8, 4) is 0 Å². The molecule has 1 saturated heterocycles. The third-order valence-corrected chi connectivity index (χ3v) is 4.36. The molecular weight excluding hydrogens is 272 g/mol. The molecule has 22 heavy (non-hydrogen) atoms. The number of nitrogens with zero attached hydrogens (tertiary/aromatic N) is 2. The molecule has 0 N–H and O–H groups in total. The molecule has 3 heteroatoms. The lowest BCUT2D eigenvalue weighted by Crippen LogP contribution is -2.39. The van der Waals surface area contributed by atoms with Crippen LogP contribution in [0.1, 0.15) is 35.6 Å². The summed E-state index contributed by atoms with van der Waals surface area (Å²) in [7, 11) is 0. The first-order valence-corrected chi connectivity index (χ1v) is 7.96. The third-order valence-electron chi connectivity index (χ3n) is 4.36. The highest BCUT2D eigenvalue weighted by molar-refractivity contribution is 5.79. The maximum atomic E-state index is 12.5. The molecule has 2 aromatic rings. The van der Waals surface area contributed by atoms with Gasteiger partial charge in [0, 0.05) is 30.9 Å². The van der Waals surface area contributed by atoms with Crippen LogP contribution in [-0.4, -0.2) is 28.9 Å². The SMILES string of the molecule is Cc1cc(C2CCCN(C(=O)Cc3ccccc3)C2)ccn1. The quantitative estimate of drug-likeness (QED) is 0.870. The summed E-state index contributed by atoms with van der Waals surface area (Å²) in [4.78, 5) is 18.8. The predicted octanol–water partition coefficient (Wildman–Crippen LogP) is 3.34. The van der Waals surface area contributed by atoms with Crippen molar-refractivity contribution in [1.82, 2.24) is 9.88 Å². The molecule has 1 aromatic heterocycles. The molecule has 3 rings (SSSR count). The second-order valence-electron chi connectivity index (χ2n) is 6.07. The van der Waals surface area contributed by atoms with Crippen LogP contribution in [-0.2, 0) is 11.2 Å². The molecule has 1 fully saturated rings. The van der Waals surface area contributed by atoms with Gasteiger partial charge in [-0.3, -0.25) is 9.78 Å². The Bertz CT molecular complexity index is 639. The largest absolute Gasteiger partial charge is 0.342 e. The van der Waals surface area contributed by atoms with Gasteiger partial charge in [0.2, 0.25) is 5.91 Å². The van der Waals surface area contributed by atoms with Crippen molar-refractivity contribution >= 4 is 5.91 Å². The van der Waals surface area contributed by atoms with Gasteiger partial charge < -0.3 is 4.90 Å². The minimum absolute atomic E-state index is 0.238. The van der Waals surface area contributed by atoms with Gasteiger partial charge >= 0.3 is 0 Å². The number of pyridine rings is 1. The fraction of sp³-hybridized carbons (Fsp3) is 0.368. The number of amides is 1. The summed E-state index contributed by atoms with van der Waals surface area (Å²) in [5, 5.41) is 0. The Morgan fingerprint density at radius 3 is 2.86 bits per heavy atom. The first-order valence-electron chi connectivity index (χ1n) is 7.96. The van der Waals surface area contributed by atoms with Gasteiger partial charge in [0.25, 0.3) is 0 Å². The van der Waals surface area contributed by atoms with Crippen molar-refractivity contribution in [3.63, 3.8) is 0 Å². The number of aryl methyl sites for hydroxylation is 1. The number of aromatic nitrogens is 1. The fourth-order valence-corrected chi connectivity index (χ4v) is 3.18. The number of hydrogen-bond donors (Lipinski definition) is 0. The topological polar surface area (TPSA) is 33.2 Å². The van der Waals surface area contributed by atoms with Crippen molar-refractivity contribution < 1.29 is 4.79 Å². The average molecular weight is 294 g/mol. The summed E-state index contributed by atoms with van der Waals surface area (Å²) in [6.45, 7) is 3.73. The number of rotatable bonds is 3. The second kappa shape index (κ2) is 6.73. The van der Waals surface area contributed by atoms with Gasteiger partial charge in [0.1, 0.15) is 0 Å². The smallest absolute Gasteiger partial charge is 0.227 e. The van der Waals surface area contributed by atoms with Gasteiger partial charge in [-0.25, -0.2) is 0 Å². The molecule has 1 aliphatic heterocycles. The van der Waals surface area contributed by atoms with Gasteiger partial charge in [-0.15, -0.1) is 0 Å². The van der Waals surface area contributed by atoms with Crippen LogP contribution in [0.2, 0.25) is 0 Å². The molecule has 0 radical (unpaired) electrons. The molecular formula is C19H22N2O. The van der Waals surface area contributed by atoms with E-state index in [9.17, 15) is 4.79 Å². The normalized spacial score (nSPS) is 18.2. The molecule has 2 heterocycles. The molecule has 0 saturated carbocycles. The molecule has 1 aliphatic rings. The molecule has 114 valence electrons.